The minimum absolute atomic E-state index is 0.00862. The Bertz CT molecular complexity index is 693. The maximum absolute atomic E-state index is 11.0. The van der Waals surface area contributed by atoms with E-state index >= 15 is 0 Å². The van der Waals surface area contributed by atoms with Crippen molar-refractivity contribution in [2.45, 2.75) is 19.4 Å². The van der Waals surface area contributed by atoms with Crippen molar-refractivity contribution in [3.8, 4) is 6.07 Å². The number of non-ortho nitro benzene ring substituents is 1. The van der Waals surface area contributed by atoms with Crippen molar-refractivity contribution >= 4 is 22.3 Å². The van der Waals surface area contributed by atoms with E-state index in [2.05, 4.69) is 11.1 Å². The van der Waals surface area contributed by atoms with Crippen LogP contribution in [0.25, 0.3) is 10.9 Å². The predicted molar refractivity (Wildman–Crippen MR) is 76.5 cm³/mol. The first-order valence-electron chi connectivity index (χ1n) is 6.18. The zero-order chi connectivity index (χ0) is 14.7. The van der Waals surface area contributed by atoms with Crippen LogP contribution in [0.15, 0.2) is 30.5 Å². The van der Waals surface area contributed by atoms with Gasteiger partial charge < -0.3 is 4.90 Å². The van der Waals surface area contributed by atoms with E-state index in [-0.39, 0.29) is 11.7 Å². The Morgan fingerprint density at radius 3 is 2.90 bits per heavy atom. The molecule has 0 aliphatic carbocycles. The number of pyridine rings is 1. The van der Waals surface area contributed by atoms with Crippen molar-refractivity contribution in [3.05, 3.63) is 40.6 Å². The summed E-state index contributed by atoms with van der Waals surface area (Å²) in [6.45, 7) is 1.94. The quantitative estimate of drug-likeness (QED) is 0.630. The molecule has 2 aromatic rings. The Labute approximate surface area is 116 Å². The number of nitriles is 1. The van der Waals surface area contributed by atoms with E-state index < -0.39 is 4.92 Å². The average Bonchev–Trinajstić information content (AvgIpc) is 2.45. The lowest BCUT2D eigenvalue weighted by Gasteiger charge is -2.26. The third kappa shape index (κ3) is 2.38. The van der Waals surface area contributed by atoms with Crippen LogP contribution in [0.2, 0.25) is 0 Å². The van der Waals surface area contributed by atoms with Crippen LogP contribution in [-0.4, -0.2) is 23.0 Å². The molecule has 0 spiro atoms. The number of fused-ring (bicyclic) bond motifs is 1. The van der Waals surface area contributed by atoms with Crippen molar-refractivity contribution in [3.63, 3.8) is 0 Å². The fraction of sp³-hybridized carbons (Fsp3) is 0.286. The summed E-state index contributed by atoms with van der Waals surface area (Å²) < 4.78 is 0. The van der Waals surface area contributed by atoms with Gasteiger partial charge in [-0.05, 0) is 25.1 Å². The molecule has 0 N–H and O–H groups in total. The minimum Gasteiger partial charge on any atom is -0.370 e. The number of anilines is 1. The molecule has 0 amide bonds. The molecule has 1 aromatic heterocycles. The zero-order valence-electron chi connectivity index (χ0n) is 11.3. The number of hydrogen-bond donors (Lipinski definition) is 0. The first kappa shape index (κ1) is 13.7. The molecule has 0 radical (unpaired) electrons. The standard InChI is InChI=1S/C14H14N4O2/c1-10(7-8-15)17(2)12-5-6-13(18(19)20)14-11(12)4-3-9-16-14/h3-6,9-10H,7H2,1-2H3. The van der Waals surface area contributed by atoms with Gasteiger partial charge in [-0.15, -0.1) is 0 Å². The molecule has 1 atom stereocenters. The molecule has 102 valence electrons. The van der Waals surface area contributed by atoms with Crippen LogP contribution < -0.4 is 4.90 Å². The van der Waals surface area contributed by atoms with E-state index in [4.69, 9.17) is 5.26 Å². The monoisotopic (exact) mass is 270 g/mol. The second-order valence-electron chi connectivity index (χ2n) is 4.58. The van der Waals surface area contributed by atoms with E-state index in [1.807, 2.05) is 18.9 Å². The zero-order valence-corrected chi connectivity index (χ0v) is 11.3. The third-order valence-electron chi connectivity index (χ3n) is 3.35. The van der Waals surface area contributed by atoms with Crippen molar-refractivity contribution in [1.82, 2.24) is 4.98 Å². The lowest BCUT2D eigenvalue weighted by Crippen LogP contribution is -2.28. The summed E-state index contributed by atoms with van der Waals surface area (Å²) in [5.74, 6) is 0. The maximum Gasteiger partial charge on any atom is 0.295 e. The smallest absolute Gasteiger partial charge is 0.295 e. The highest BCUT2D eigenvalue weighted by molar-refractivity contribution is 5.97. The van der Waals surface area contributed by atoms with Gasteiger partial charge in [0.15, 0.2) is 0 Å². The topological polar surface area (TPSA) is 83.1 Å². The van der Waals surface area contributed by atoms with E-state index in [0.29, 0.717) is 17.3 Å². The molecule has 0 saturated heterocycles. The highest BCUT2D eigenvalue weighted by Gasteiger charge is 2.19. The summed E-state index contributed by atoms with van der Waals surface area (Å²) in [5, 5.41) is 20.5. The van der Waals surface area contributed by atoms with Crippen molar-refractivity contribution in [1.29, 1.82) is 5.26 Å². The normalized spacial score (nSPS) is 11.8. The van der Waals surface area contributed by atoms with E-state index in [1.54, 1.807) is 18.2 Å². The number of nitro benzene ring substituents is 1. The van der Waals surface area contributed by atoms with Gasteiger partial charge in [0.05, 0.1) is 17.4 Å². The molecule has 1 unspecified atom stereocenters. The summed E-state index contributed by atoms with van der Waals surface area (Å²) in [4.78, 5) is 16.7. The maximum atomic E-state index is 11.0. The number of aromatic nitrogens is 1. The third-order valence-corrected chi connectivity index (χ3v) is 3.35. The first-order chi connectivity index (χ1) is 9.56. The first-order valence-corrected chi connectivity index (χ1v) is 6.18. The Kier molecular flexibility index (Phi) is 3.80. The molecule has 0 saturated carbocycles. The number of hydrogen-bond acceptors (Lipinski definition) is 5. The summed E-state index contributed by atoms with van der Waals surface area (Å²) in [6, 6.07) is 8.87. The van der Waals surface area contributed by atoms with Crippen LogP contribution in [-0.2, 0) is 0 Å². The highest BCUT2D eigenvalue weighted by Crippen LogP contribution is 2.32. The lowest BCUT2D eigenvalue weighted by atomic mass is 10.1. The SMILES string of the molecule is CC(CC#N)N(C)c1ccc([N+](=O)[O-])c2ncccc12. The fourth-order valence-electron chi connectivity index (χ4n) is 2.10. The number of nitrogens with zero attached hydrogens (tertiary/aromatic N) is 4. The van der Waals surface area contributed by atoms with Crippen molar-refractivity contribution in [2.75, 3.05) is 11.9 Å². The summed E-state index contributed by atoms with van der Waals surface area (Å²) in [6.07, 6.45) is 1.92. The summed E-state index contributed by atoms with van der Waals surface area (Å²) >= 11 is 0. The van der Waals surface area contributed by atoms with Crippen LogP contribution >= 0.6 is 0 Å². The molecule has 6 heteroatoms. The molecule has 1 aromatic carbocycles. The molecule has 1 heterocycles. The van der Waals surface area contributed by atoms with Crippen LogP contribution in [0.1, 0.15) is 13.3 Å². The molecule has 2 rings (SSSR count). The Hall–Kier alpha value is -2.68. The molecular formula is C14H14N4O2. The molecule has 0 aliphatic rings. The molecule has 6 nitrogen and oxygen atoms in total. The predicted octanol–water partition coefficient (Wildman–Crippen LogP) is 2.88. The van der Waals surface area contributed by atoms with Gasteiger partial charge in [0, 0.05) is 36.4 Å². The van der Waals surface area contributed by atoms with Gasteiger partial charge in [-0.25, -0.2) is 4.98 Å². The van der Waals surface area contributed by atoms with Crippen molar-refractivity contribution in [2.24, 2.45) is 0 Å². The molecule has 0 aliphatic heterocycles. The molecule has 0 bridgehead atoms. The van der Waals surface area contributed by atoms with Crippen molar-refractivity contribution < 1.29 is 4.92 Å². The molecular weight excluding hydrogens is 256 g/mol. The van der Waals surface area contributed by atoms with Crippen LogP contribution in [0.3, 0.4) is 0 Å². The van der Waals surface area contributed by atoms with E-state index in [0.717, 1.165) is 5.69 Å². The minimum atomic E-state index is -0.433. The van der Waals surface area contributed by atoms with Gasteiger partial charge >= 0.3 is 0 Å². The van der Waals surface area contributed by atoms with Gasteiger partial charge in [0.25, 0.3) is 5.69 Å². The average molecular weight is 270 g/mol. The highest BCUT2D eigenvalue weighted by atomic mass is 16.6. The second-order valence-corrected chi connectivity index (χ2v) is 4.58. The van der Waals surface area contributed by atoms with E-state index in [1.165, 1.54) is 12.3 Å². The van der Waals surface area contributed by atoms with Gasteiger partial charge in [-0.3, -0.25) is 10.1 Å². The Morgan fingerprint density at radius 1 is 1.50 bits per heavy atom. The number of rotatable bonds is 4. The second kappa shape index (κ2) is 5.53. The molecule has 20 heavy (non-hydrogen) atoms. The largest absolute Gasteiger partial charge is 0.370 e. The number of nitro groups is 1. The van der Waals surface area contributed by atoms with Gasteiger partial charge in [-0.1, -0.05) is 0 Å². The summed E-state index contributed by atoms with van der Waals surface area (Å²) in [5.41, 5.74) is 1.19. The molecule has 0 fully saturated rings. The fourth-order valence-corrected chi connectivity index (χ4v) is 2.10. The van der Waals surface area contributed by atoms with Crippen LogP contribution in [0, 0.1) is 21.4 Å². The van der Waals surface area contributed by atoms with Crippen LogP contribution in [0.4, 0.5) is 11.4 Å². The Balaban J connectivity index is 2.59. The van der Waals surface area contributed by atoms with Gasteiger partial charge in [-0.2, -0.15) is 5.26 Å². The van der Waals surface area contributed by atoms with E-state index in [9.17, 15) is 10.1 Å². The summed E-state index contributed by atoms with van der Waals surface area (Å²) in [7, 11) is 1.87. The van der Waals surface area contributed by atoms with Gasteiger partial charge in [0.2, 0.25) is 0 Å². The lowest BCUT2D eigenvalue weighted by molar-refractivity contribution is -0.383. The Morgan fingerprint density at radius 2 is 2.25 bits per heavy atom. The van der Waals surface area contributed by atoms with Crippen LogP contribution in [0.5, 0.6) is 0 Å². The number of benzene rings is 1. The van der Waals surface area contributed by atoms with Gasteiger partial charge in [0.1, 0.15) is 5.52 Å².